The number of rotatable bonds is 4. The molecule has 15 heavy (non-hydrogen) atoms. The van der Waals surface area contributed by atoms with Crippen molar-refractivity contribution in [3.63, 3.8) is 0 Å². The highest BCUT2D eigenvalue weighted by Crippen LogP contribution is 2.10. The number of carbonyl (C=O) groups excluding carboxylic acids is 2. The van der Waals surface area contributed by atoms with Crippen LogP contribution in [0.25, 0.3) is 0 Å². The summed E-state index contributed by atoms with van der Waals surface area (Å²) >= 11 is 1.58. The smallest absolute Gasteiger partial charge is 0.246 e. The molecule has 1 rings (SSSR count). The molecule has 0 spiro atoms. The number of likely N-dealkylation sites (tertiary alicyclic amines) is 1. The molecule has 1 heterocycles. The minimum Gasteiger partial charge on any atom is -0.344 e. The van der Waals surface area contributed by atoms with Crippen LogP contribution in [0.2, 0.25) is 0 Å². The maximum Gasteiger partial charge on any atom is 0.246 e. The van der Waals surface area contributed by atoms with Gasteiger partial charge in [-0.25, -0.2) is 0 Å². The fourth-order valence-corrected chi connectivity index (χ4v) is 2.30. The van der Waals surface area contributed by atoms with Gasteiger partial charge in [-0.05, 0) is 19.1 Å². The second kappa shape index (κ2) is 6.00. The molecule has 0 aromatic heterocycles. The van der Waals surface area contributed by atoms with E-state index in [4.69, 9.17) is 0 Å². The number of amides is 2. The van der Waals surface area contributed by atoms with Crippen LogP contribution in [0.1, 0.15) is 19.8 Å². The maximum absolute atomic E-state index is 12.0. The van der Waals surface area contributed by atoms with E-state index in [1.807, 2.05) is 11.2 Å². The third-order valence-corrected chi connectivity index (χ3v) is 3.09. The Balaban J connectivity index is 2.52. The topological polar surface area (TPSA) is 49.4 Å². The van der Waals surface area contributed by atoms with Gasteiger partial charge >= 0.3 is 0 Å². The van der Waals surface area contributed by atoms with Crippen molar-refractivity contribution in [2.45, 2.75) is 25.8 Å². The lowest BCUT2D eigenvalue weighted by Gasteiger charge is -2.22. The van der Waals surface area contributed by atoms with Crippen LogP contribution in [0.4, 0.5) is 0 Å². The number of nitrogens with zero attached hydrogens (tertiary/aromatic N) is 1. The summed E-state index contributed by atoms with van der Waals surface area (Å²) in [4.78, 5) is 24.8. The molecule has 0 aromatic carbocycles. The first kappa shape index (κ1) is 12.4. The molecule has 1 aliphatic rings. The summed E-state index contributed by atoms with van der Waals surface area (Å²) in [6.45, 7) is 3.12. The molecule has 0 aliphatic carbocycles. The highest BCUT2D eigenvalue weighted by atomic mass is 32.2. The standard InChI is InChI=1S/C10H18N2O2S/c1-8(13)11-9(7-15-2)10(14)12-5-3-4-6-12/h9H,3-7H2,1-2H3,(H,11,13)/t9-/m0/s1. The summed E-state index contributed by atoms with van der Waals surface area (Å²) in [5, 5.41) is 2.71. The van der Waals surface area contributed by atoms with Gasteiger partial charge in [0.2, 0.25) is 11.8 Å². The van der Waals surface area contributed by atoms with Crippen LogP contribution in [0, 0.1) is 0 Å². The average molecular weight is 230 g/mol. The lowest BCUT2D eigenvalue weighted by Crippen LogP contribution is -2.48. The molecule has 0 radical (unpaired) electrons. The van der Waals surface area contributed by atoms with E-state index in [9.17, 15) is 9.59 Å². The highest BCUT2D eigenvalue weighted by Gasteiger charge is 2.26. The SMILES string of the molecule is CSC[C@H](NC(C)=O)C(=O)N1CCCC1. The van der Waals surface area contributed by atoms with Crippen LogP contribution < -0.4 is 5.32 Å². The summed E-state index contributed by atoms with van der Waals surface area (Å²) < 4.78 is 0. The molecule has 0 unspecified atom stereocenters. The molecule has 1 saturated heterocycles. The number of hydrogen-bond acceptors (Lipinski definition) is 3. The minimum absolute atomic E-state index is 0.0667. The molecule has 0 aromatic rings. The first-order valence-corrected chi connectivity index (χ1v) is 6.59. The molecule has 0 bridgehead atoms. The summed E-state index contributed by atoms with van der Waals surface area (Å²) in [5.41, 5.74) is 0. The molecule has 1 atom stereocenters. The van der Waals surface area contributed by atoms with Crippen molar-refractivity contribution in [1.29, 1.82) is 0 Å². The molecule has 5 heteroatoms. The summed E-state index contributed by atoms with van der Waals surface area (Å²) in [7, 11) is 0. The van der Waals surface area contributed by atoms with Gasteiger partial charge in [0.1, 0.15) is 6.04 Å². The van der Waals surface area contributed by atoms with Gasteiger partial charge in [-0.2, -0.15) is 11.8 Å². The van der Waals surface area contributed by atoms with Gasteiger partial charge in [0.15, 0.2) is 0 Å². The van der Waals surface area contributed by atoms with Crippen molar-refractivity contribution in [3.05, 3.63) is 0 Å². The second-order valence-electron chi connectivity index (χ2n) is 3.74. The van der Waals surface area contributed by atoms with E-state index in [0.717, 1.165) is 25.9 Å². The van der Waals surface area contributed by atoms with Gasteiger partial charge in [-0.1, -0.05) is 0 Å². The summed E-state index contributed by atoms with van der Waals surface area (Å²) in [6.07, 6.45) is 4.10. The van der Waals surface area contributed by atoms with E-state index in [1.165, 1.54) is 6.92 Å². The Kier molecular flexibility index (Phi) is 4.94. The molecule has 1 aliphatic heterocycles. The molecule has 4 nitrogen and oxygen atoms in total. The van der Waals surface area contributed by atoms with Crippen molar-refractivity contribution in [1.82, 2.24) is 10.2 Å². The van der Waals surface area contributed by atoms with Crippen molar-refractivity contribution in [3.8, 4) is 0 Å². The van der Waals surface area contributed by atoms with E-state index >= 15 is 0 Å². The van der Waals surface area contributed by atoms with Crippen LogP contribution in [-0.2, 0) is 9.59 Å². The van der Waals surface area contributed by atoms with E-state index in [0.29, 0.717) is 5.75 Å². The van der Waals surface area contributed by atoms with Crippen LogP contribution >= 0.6 is 11.8 Å². The van der Waals surface area contributed by atoms with Gasteiger partial charge in [-0.15, -0.1) is 0 Å². The Hall–Kier alpha value is -0.710. The normalized spacial score (nSPS) is 17.6. The first-order valence-electron chi connectivity index (χ1n) is 5.20. The third-order valence-electron chi connectivity index (χ3n) is 2.43. The Morgan fingerprint density at radius 1 is 1.40 bits per heavy atom. The predicted molar refractivity (Wildman–Crippen MR) is 61.8 cm³/mol. The first-order chi connectivity index (χ1) is 7.15. The molecule has 0 saturated carbocycles. The average Bonchev–Trinajstić information content (AvgIpc) is 2.68. The van der Waals surface area contributed by atoms with Crippen LogP contribution in [0.5, 0.6) is 0 Å². The van der Waals surface area contributed by atoms with Crippen LogP contribution in [0.15, 0.2) is 0 Å². The Bertz CT molecular complexity index is 240. The Morgan fingerprint density at radius 3 is 2.47 bits per heavy atom. The molecule has 1 N–H and O–H groups in total. The second-order valence-corrected chi connectivity index (χ2v) is 4.65. The van der Waals surface area contributed by atoms with Crippen molar-refractivity contribution >= 4 is 23.6 Å². The molecular weight excluding hydrogens is 212 g/mol. The van der Waals surface area contributed by atoms with E-state index < -0.39 is 0 Å². The maximum atomic E-state index is 12.0. The summed E-state index contributed by atoms with van der Waals surface area (Å²) in [6, 6.07) is -0.351. The number of hydrogen-bond donors (Lipinski definition) is 1. The molecule has 86 valence electrons. The zero-order chi connectivity index (χ0) is 11.3. The van der Waals surface area contributed by atoms with Gasteiger partial charge in [0.25, 0.3) is 0 Å². The summed E-state index contributed by atoms with van der Waals surface area (Å²) in [5.74, 6) is 0.577. The predicted octanol–water partition coefficient (Wildman–Crippen LogP) is 0.476. The lowest BCUT2D eigenvalue weighted by molar-refractivity contribution is -0.134. The van der Waals surface area contributed by atoms with E-state index in [1.54, 1.807) is 11.8 Å². The monoisotopic (exact) mass is 230 g/mol. The largest absolute Gasteiger partial charge is 0.344 e. The van der Waals surface area contributed by atoms with Gasteiger partial charge in [-0.3, -0.25) is 9.59 Å². The number of nitrogens with one attached hydrogen (secondary N) is 1. The Morgan fingerprint density at radius 2 is 2.00 bits per heavy atom. The molecule has 2 amide bonds. The Labute approximate surface area is 94.8 Å². The number of carbonyl (C=O) groups is 2. The molecular formula is C10H18N2O2S. The molecule has 1 fully saturated rings. The zero-order valence-corrected chi connectivity index (χ0v) is 10.1. The van der Waals surface area contributed by atoms with Crippen molar-refractivity contribution < 1.29 is 9.59 Å². The van der Waals surface area contributed by atoms with Crippen molar-refractivity contribution in [2.75, 3.05) is 25.1 Å². The van der Waals surface area contributed by atoms with Crippen molar-refractivity contribution in [2.24, 2.45) is 0 Å². The van der Waals surface area contributed by atoms with Gasteiger partial charge in [0.05, 0.1) is 0 Å². The minimum atomic E-state index is -0.351. The van der Waals surface area contributed by atoms with E-state index in [-0.39, 0.29) is 17.9 Å². The zero-order valence-electron chi connectivity index (χ0n) is 9.28. The van der Waals surface area contributed by atoms with Crippen LogP contribution in [0.3, 0.4) is 0 Å². The van der Waals surface area contributed by atoms with Gasteiger partial charge in [0, 0.05) is 25.8 Å². The lowest BCUT2D eigenvalue weighted by atomic mass is 10.3. The highest BCUT2D eigenvalue weighted by molar-refractivity contribution is 7.98. The quantitative estimate of drug-likeness (QED) is 0.764. The van der Waals surface area contributed by atoms with E-state index in [2.05, 4.69) is 5.32 Å². The number of thioether (sulfide) groups is 1. The fraction of sp³-hybridized carbons (Fsp3) is 0.800. The fourth-order valence-electron chi connectivity index (χ4n) is 1.74. The van der Waals surface area contributed by atoms with Gasteiger partial charge < -0.3 is 10.2 Å². The third kappa shape index (κ3) is 3.74. The van der Waals surface area contributed by atoms with Crippen LogP contribution in [-0.4, -0.2) is 47.9 Å².